The molecule has 1 aliphatic rings. The van der Waals surface area contributed by atoms with Gasteiger partial charge in [0, 0.05) is 10.9 Å². The summed E-state index contributed by atoms with van der Waals surface area (Å²) in [6, 6.07) is 4.05. The summed E-state index contributed by atoms with van der Waals surface area (Å²) in [5.41, 5.74) is 2.99. The van der Waals surface area contributed by atoms with E-state index in [2.05, 4.69) is 21.3 Å². The van der Waals surface area contributed by atoms with Crippen LogP contribution in [0.5, 0.6) is 5.75 Å². The highest BCUT2D eigenvalue weighted by molar-refractivity contribution is 7.11. The number of carbonyl (C=O) groups is 2. The van der Waals surface area contributed by atoms with E-state index in [-0.39, 0.29) is 18.9 Å². The highest BCUT2D eigenvalue weighted by Crippen LogP contribution is 2.45. The summed E-state index contributed by atoms with van der Waals surface area (Å²) in [5.74, 6) is -1.60. The molecular weight excluding hydrogens is 508 g/mol. The van der Waals surface area contributed by atoms with Crippen LogP contribution in [0.15, 0.2) is 6.07 Å². The van der Waals surface area contributed by atoms with Crippen LogP contribution in [0.3, 0.4) is 0 Å². The van der Waals surface area contributed by atoms with Crippen molar-refractivity contribution >= 4 is 45.8 Å². The molecule has 12 heteroatoms. The van der Waals surface area contributed by atoms with Gasteiger partial charge in [-0.3, -0.25) is 9.59 Å². The van der Waals surface area contributed by atoms with E-state index in [0.29, 0.717) is 30.8 Å². The first-order valence-corrected chi connectivity index (χ1v) is 12.6. The van der Waals surface area contributed by atoms with Gasteiger partial charge in [0.05, 0.1) is 35.9 Å². The van der Waals surface area contributed by atoms with E-state index in [4.69, 9.17) is 26.2 Å². The van der Waals surface area contributed by atoms with Gasteiger partial charge in [0.15, 0.2) is 5.01 Å². The van der Waals surface area contributed by atoms with Gasteiger partial charge in [0.2, 0.25) is 0 Å². The van der Waals surface area contributed by atoms with E-state index >= 15 is 0 Å². The first-order valence-electron chi connectivity index (χ1n) is 11.3. The molecule has 10 nitrogen and oxygen atoms in total. The Bertz CT molecular complexity index is 1310. The number of benzene rings is 1. The van der Waals surface area contributed by atoms with E-state index in [1.807, 2.05) is 20.8 Å². The minimum atomic E-state index is -0.980. The molecule has 3 aromatic rings. The van der Waals surface area contributed by atoms with Crippen molar-refractivity contribution in [1.82, 2.24) is 15.2 Å². The van der Waals surface area contributed by atoms with E-state index in [0.717, 1.165) is 44.2 Å². The lowest BCUT2D eigenvalue weighted by molar-refractivity contribution is -0.149. The lowest BCUT2D eigenvalue weighted by Crippen LogP contribution is -2.37. The van der Waals surface area contributed by atoms with Crippen molar-refractivity contribution in [2.75, 3.05) is 12.5 Å². The topological polar surface area (TPSA) is 158 Å². The molecule has 0 fully saturated rings. The lowest BCUT2D eigenvalue weighted by Gasteiger charge is -2.36. The van der Waals surface area contributed by atoms with Crippen LogP contribution in [0, 0.1) is 25.2 Å². The van der Waals surface area contributed by atoms with Gasteiger partial charge >= 0.3 is 11.9 Å². The van der Waals surface area contributed by atoms with E-state index in [1.165, 1.54) is 11.3 Å². The standard InChI is InChI=1S/C22H24N4O4S.C2H3ClO2/c1-4-6-22(9-18(27)28)21-15(5-7-30-22)19-14(10-23)8-16(12(2)20(19)24-21)29-11-17-26-25-13(3)31-17;3-1-2(4)5/h8,24H,4-7,9,11H2,1-3H3,(H,27,28);1H2,(H,4,5). The number of ether oxygens (including phenoxy) is 2. The number of rotatable bonds is 8. The Kier molecular flexibility index (Phi) is 8.89. The molecule has 0 amide bonds. The SMILES string of the molecule is CCCC1(CC(=O)O)OCCc2c1[nH]c1c(C)c(OCc3nnc(C)s3)cc(C#N)c21.O=C(O)CCl. The van der Waals surface area contributed by atoms with Crippen molar-refractivity contribution in [3.8, 4) is 11.8 Å². The molecule has 1 aliphatic heterocycles. The summed E-state index contributed by atoms with van der Waals surface area (Å²) < 4.78 is 12.1. The zero-order valence-corrected chi connectivity index (χ0v) is 21.8. The first-order chi connectivity index (χ1) is 17.2. The number of aryl methyl sites for hydroxylation is 2. The van der Waals surface area contributed by atoms with Crippen LogP contribution >= 0.6 is 22.9 Å². The second-order valence-electron chi connectivity index (χ2n) is 8.33. The molecule has 1 aromatic carbocycles. The molecule has 0 saturated heterocycles. The number of nitrogens with zero attached hydrogens (tertiary/aromatic N) is 3. The molecule has 0 bridgehead atoms. The molecule has 0 saturated carbocycles. The Morgan fingerprint density at radius 1 is 1.33 bits per heavy atom. The Morgan fingerprint density at radius 2 is 2.06 bits per heavy atom. The van der Waals surface area contributed by atoms with Crippen LogP contribution in [0.25, 0.3) is 10.9 Å². The van der Waals surface area contributed by atoms with Crippen LogP contribution in [-0.4, -0.2) is 49.8 Å². The number of nitriles is 1. The molecule has 36 heavy (non-hydrogen) atoms. The second kappa shape index (κ2) is 11.7. The van der Waals surface area contributed by atoms with Gasteiger partial charge in [-0.15, -0.1) is 21.8 Å². The lowest BCUT2D eigenvalue weighted by atomic mass is 9.84. The first kappa shape index (κ1) is 27.4. The summed E-state index contributed by atoms with van der Waals surface area (Å²) in [5, 5.41) is 37.6. The Balaban J connectivity index is 0.000000658. The van der Waals surface area contributed by atoms with Gasteiger partial charge in [-0.05, 0) is 38.3 Å². The van der Waals surface area contributed by atoms with Crippen LogP contribution < -0.4 is 4.74 Å². The van der Waals surface area contributed by atoms with Crippen molar-refractivity contribution in [2.24, 2.45) is 0 Å². The molecule has 1 unspecified atom stereocenters. The van der Waals surface area contributed by atoms with E-state index in [1.54, 1.807) is 6.07 Å². The monoisotopic (exact) mass is 534 g/mol. The number of hydrogen-bond acceptors (Lipinski definition) is 8. The number of halogens is 1. The summed E-state index contributed by atoms with van der Waals surface area (Å²) >= 11 is 6.20. The van der Waals surface area contributed by atoms with Crippen molar-refractivity contribution in [1.29, 1.82) is 5.26 Å². The molecule has 192 valence electrons. The second-order valence-corrected chi connectivity index (χ2v) is 9.87. The number of aromatic nitrogens is 3. The third-order valence-electron chi connectivity index (χ3n) is 5.82. The molecule has 0 spiro atoms. The molecule has 3 N–H and O–H groups in total. The fourth-order valence-corrected chi connectivity index (χ4v) is 5.08. The third-order valence-corrected chi connectivity index (χ3v) is 6.86. The Morgan fingerprint density at radius 3 is 2.61 bits per heavy atom. The number of aliphatic carboxylic acids is 2. The van der Waals surface area contributed by atoms with Gasteiger partial charge in [0.25, 0.3) is 0 Å². The fraction of sp³-hybridized carbons (Fsp3) is 0.458. The molecule has 0 radical (unpaired) electrons. The van der Waals surface area contributed by atoms with Gasteiger partial charge in [-0.25, -0.2) is 0 Å². The number of alkyl halides is 1. The number of hydrogen-bond donors (Lipinski definition) is 3. The summed E-state index contributed by atoms with van der Waals surface area (Å²) in [7, 11) is 0. The number of fused-ring (bicyclic) bond motifs is 3. The number of carboxylic acid groups (broad SMARTS) is 2. The van der Waals surface area contributed by atoms with Gasteiger partial charge < -0.3 is 24.7 Å². The zero-order valence-electron chi connectivity index (χ0n) is 20.2. The average molecular weight is 535 g/mol. The molecule has 4 rings (SSSR count). The number of H-pyrrole nitrogens is 1. The zero-order chi connectivity index (χ0) is 26.5. The van der Waals surface area contributed by atoms with Crippen LogP contribution in [0.4, 0.5) is 0 Å². The largest absolute Gasteiger partial charge is 0.486 e. The van der Waals surface area contributed by atoms with Gasteiger partial charge in [-0.1, -0.05) is 24.7 Å². The maximum absolute atomic E-state index is 11.7. The Labute approximate surface area is 216 Å². The quantitative estimate of drug-likeness (QED) is 0.355. The summed E-state index contributed by atoms with van der Waals surface area (Å²) in [6.45, 7) is 6.52. The smallest absolute Gasteiger partial charge is 0.318 e. The third kappa shape index (κ3) is 5.78. The fourth-order valence-electron chi connectivity index (χ4n) is 4.46. The summed E-state index contributed by atoms with van der Waals surface area (Å²) in [4.78, 5) is 24.3. The molecule has 1 atom stereocenters. The van der Waals surface area contributed by atoms with Crippen molar-refractivity contribution in [2.45, 2.75) is 58.7 Å². The highest BCUT2D eigenvalue weighted by atomic mass is 35.5. The van der Waals surface area contributed by atoms with E-state index < -0.39 is 17.5 Å². The van der Waals surface area contributed by atoms with Crippen molar-refractivity contribution in [3.05, 3.63) is 38.5 Å². The average Bonchev–Trinajstić information content (AvgIpc) is 3.44. The molecule has 3 heterocycles. The van der Waals surface area contributed by atoms with Crippen molar-refractivity contribution < 1.29 is 29.3 Å². The van der Waals surface area contributed by atoms with E-state index in [9.17, 15) is 20.0 Å². The van der Waals surface area contributed by atoms with Crippen LogP contribution in [-0.2, 0) is 33.0 Å². The number of aromatic amines is 1. The predicted octanol–water partition coefficient (Wildman–Crippen LogP) is 4.44. The van der Waals surface area contributed by atoms with Crippen molar-refractivity contribution in [3.63, 3.8) is 0 Å². The molecule has 0 aliphatic carbocycles. The van der Waals surface area contributed by atoms with Gasteiger partial charge in [-0.2, -0.15) is 5.26 Å². The minimum Gasteiger partial charge on any atom is -0.486 e. The summed E-state index contributed by atoms with van der Waals surface area (Å²) in [6.07, 6.45) is 1.86. The normalized spacial score (nSPS) is 16.5. The maximum Gasteiger partial charge on any atom is 0.318 e. The van der Waals surface area contributed by atoms with Crippen LogP contribution in [0.2, 0.25) is 0 Å². The maximum atomic E-state index is 11.7. The number of carboxylic acids is 2. The highest BCUT2D eigenvalue weighted by Gasteiger charge is 2.42. The predicted molar refractivity (Wildman–Crippen MR) is 134 cm³/mol. The Hall–Kier alpha value is -3.20. The van der Waals surface area contributed by atoms with Gasteiger partial charge in [0.1, 0.15) is 28.8 Å². The van der Waals surface area contributed by atoms with Crippen LogP contribution in [0.1, 0.15) is 58.6 Å². The molecule has 2 aromatic heterocycles. The number of nitrogens with one attached hydrogen (secondary N) is 1. The minimum absolute atomic E-state index is 0.124. The molecular formula is C24H27ClN4O6S.